The molecule has 5 rings (SSSR count). The molecule has 2 N–H and O–H groups in total. The smallest absolute Gasteiger partial charge is 0.221 e. The Morgan fingerprint density at radius 1 is 1.12 bits per heavy atom. The molecular formula is C28H32N4OS. The normalized spacial score (nSPS) is 15.4. The number of fused-ring (bicyclic) bond motifs is 1. The summed E-state index contributed by atoms with van der Waals surface area (Å²) in [5, 5.41) is 9.88. The zero-order valence-corrected chi connectivity index (χ0v) is 20.3. The van der Waals surface area contributed by atoms with E-state index in [1.807, 2.05) is 11.6 Å². The Kier molecular flexibility index (Phi) is 7.37. The Morgan fingerprint density at radius 2 is 1.91 bits per heavy atom. The molecule has 1 fully saturated rings. The number of thiazole rings is 1. The number of piperidine rings is 1. The van der Waals surface area contributed by atoms with Gasteiger partial charge in [-0.25, -0.2) is 4.98 Å². The molecule has 34 heavy (non-hydrogen) atoms. The third-order valence-electron chi connectivity index (χ3n) is 6.92. The maximum absolute atomic E-state index is 13.0. The summed E-state index contributed by atoms with van der Waals surface area (Å²) >= 11 is 1.59. The van der Waals surface area contributed by atoms with E-state index in [4.69, 9.17) is 0 Å². The Labute approximate surface area is 205 Å². The fourth-order valence-corrected chi connectivity index (χ4v) is 5.68. The fraction of sp³-hybridized carbons (Fsp3) is 0.357. The molecule has 2 aromatic heterocycles. The minimum absolute atomic E-state index is 0.0629. The SMILES string of the molecule is O=C(CC(c1cscn1)c1cn(Cc2ccccc2)c2ccccc12)NCCC1CCNCC1. The topological polar surface area (TPSA) is 59.0 Å². The van der Waals surface area contributed by atoms with Crippen LogP contribution in [0.15, 0.2) is 71.7 Å². The van der Waals surface area contributed by atoms with Crippen molar-refractivity contribution < 1.29 is 4.79 Å². The number of nitrogens with zero attached hydrogens (tertiary/aromatic N) is 2. The van der Waals surface area contributed by atoms with Crippen LogP contribution in [0.2, 0.25) is 0 Å². The van der Waals surface area contributed by atoms with Crippen LogP contribution in [-0.4, -0.2) is 35.1 Å². The van der Waals surface area contributed by atoms with Crippen LogP contribution >= 0.6 is 11.3 Å². The van der Waals surface area contributed by atoms with Crippen LogP contribution in [-0.2, 0) is 11.3 Å². The molecule has 0 saturated carbocycles. The first kappa shape index (κ1) is 22.8. The van der Waals surface area contributed by atoms with E-state index in [1.165, 1.54) is 34.9 Å². The monoisotopic (exact) mass is 472 g/mol. The number of rotatable bonds is 9. The van der Waals surface area contributed by atoms with Gasteiger partial charge < -0.3 is 15.2 Å². The summed E-state index contributed by atoms with van der Waals surface area (Å²) in [6.07, 6.45) is 6.11. The molecule has 1 atom stereocenters. The standard InChI is InChI=1S/C28H32N4OS/c33-28(30-15-12-21-10-13-29-14-11-21)16-24(26-19-34-20-31-26)25-18-32(17-22-6-2-1-3-7-22)27-9-5-4-8-23(25)27/h1-9,18-21,24,29H,10-17H2,(H,30,33). The Morgan fingerprint density at radius 3 is 2.71 bits per heavy atom. The molecule has 3 heterocycles. The molecule has 1 aliphatic rings. The quantitative estimate of drug-likeness (QED) is 0.353. The lowest BCUT2D eigenvalue weighted by molar-refractivity contribution is -0.121. The first-order valence-electron chi connectivity index (χ1n) is 12.2. The summed E-state index contributed by atoms with van der Waals surface area (Å²) in [7, 11) is 0. The van der Waals surface area contributed by atoms with Crippen molar-refractivity contribution in [3.63, 3.8) is 0 Å². The maximum Gasteiger partial charge on any atom is 0.221 e. The van der Waals surface area contributed by atoms with E-state index in [1.54, 1.807) is 11.3 Å². The van der Waals surface area contributed by atoms with E-state index in [-0.39, 0.29) is 11.8 Å². The van der Waals surface area contributed by atoms with Crippen molar-refractivity contribution in [1.82, 2.24) is 20.2 Å². The summed E-state index contributed by atoms with van der Waals surface area (Å²) in [5.41, 5.74) is 6.45. The van der Waals surface area contributed by atoms with E-state index in [0.29, 0.717) is 12.3 Å². The average Bonchev–Trinajstić information content (AvgIpc) is 3.53. The van der Waals surface area contributed by atoms with Gasteiger partial charge in [-0.2, -0.15) is 0 Å². The van der Waals surface area contributed by atoms with Gasteiger partial charge >= 0.3 is 0 Å². The highest BCUT2D eigenvalue weighted by atomic mass is 32.1. The largest absolute Gasteiger partial charge is 0.356 e. The van der Waals surface area contributed by atoms with E-state index in [2.05, 4.69) is 80.3 Å². The zero-order chi connectivity index (χ0) is 23.2. The Balaban J connectivity index is 1.37. The number of para-hydroxylation sites is 1. The van der Waals surface area contributed by atoms with Crippen molar-refractivity contribution in [2.45, 2.75) is 38.1 Å². The fourth-order valence-electron chi connectivity index (χ4n) is 5.08. The van der Waals surface area contributed by atoms with Gasteiger partial charge in [0.15, 0.2) is 0 Å². The van der Waals surface area contributed by atoms with E-state index >= 15 is 0 Å². The molecule has 0 aliphatic carbocycles. The van der Waals surface area contributed by atoms with Crippen molar-refractivity contribution in [1.29, 1.82) is 0 Å². The van der Waals surface area contributed by atoms with Gasteiger partial charge in [-0.15, -0.1) is 11.3 Å². The second kappa shape index (κ2) is 11.0. The van der Waals surface area contributed by atoms with E-state index < -0.39 is 0 Å². The number of benzene rings is 2. The third kappa shape index (κ3) is 5.40. The highest BCUT2D eigenvalue weighted by Gasteiger charge is 2.24. The van der Waals surface area contributed by atoms with Crippen LogP contribution in [0.5, 0.6) is 0 Å². The summed E-state index contributed by atoms with van der Waals surface area (Å²) in [6.45, 7) is 3.74. The lowest BCUT2D eigenvalue weighted by Gasteiger charge is -2.22. The van der Waals surface area contributed by atoms with Gasteiger partial charge in [-0.3, -0.25) is 4.79 Å². The van der Waals surface area contributed by atoms with Crippen LogP contribution < -0.4 is 10.6 Å². The number of amides is 1. The molecule has 1 aliphatic heterocycles. The summed E-state index contributed by atoms with van der Waals surface area (Å²) < 4.78 is 2.30. The summed E-state index contributed by atoms with van der Waals surface area (Å²) in [5.74, 6) is 0.755. The molecule has 0 radical (unpaired) electrons. The van der Waals surface area contributed by atoms with Gasteiger partial charge in [-0.1, -0.05) is 48.5 Å². The number of hydrogen-bond donors (Lipinski definition) is 2. The molecule has 1 amide bonds. The summed E-state index contributed by atoms with van der Waals surface area (Å²) in [6, 6.07) is 19.0. The molecule has 2 aromatic carbocycles. The van der Waals surface area contributed by atoms with Gasteiger partial charge in [0, 0.05) is 47.9 Å². The van der Waals surface area contributed by atoms with Gasteiger partial charge in [0.05, 0.1) is 11.2 Å². The predicted molar refractivity (Wildman–Crippen MR) is 139 cm³/mol. The van der Waals surface area contributed by atoms with Crippen molar-refractivity contribution in [2.75, 3.05) is 19.6 Å². The Hall–Kier alpha value is -2.96. The van der Waals surface area contributed by atoms with Crippen molar-refractivity contribution in [3.8, 4) is 0 Å². The van der Waals surface area contributed by atoms with Crippen molar-refractivity contribution in [3.05, 3.63) is 88.5 Å². The number of carbonyl (C=O) groups excluding carboxylic acids is 1. The van der Waals surface area contributed by atoms with Crippen molar-refractivity contribution in [2.24, 2.45) is 5.92 Å². The van der Waals surface area contributed by atoms with Crippen LogP contribution in [0.3, 0.4) is 0 Å². The van der Waals surface area contributed by atoms with Gasteiger partial charge in [0.25, 0.3) is 0 Å². The molecule has 1 unspecified atom stereocenters. The molecule has 176 valence electrons. The zero-order valence-electron chi connectivity index (χ0n) is 19.5. The number of nitrogens with one attached hydrogen (secondary N) is 2. The first-order chi connectivity index (χ1) is 16.8. The van der Waals surface area contributed by atoms with Crippen molar-refractivity contribution >= 4 is 28.1 Å². The van der Waals surface area contributed by atoms with E-state index in [0.717, 1.165) is 38.3 Å². The molecular weight excluding hydrogens is 440 g/mol. The van der Waals surface area contributed by atoms with Crippen LogP contribution in [0.4, 0.5) is 0 Å². The molecule has 6 heteroatoms. The highest BCUT2D eigenvalue weighted by molar-refractivity contribution is 7.07. The number of hydrogen-bond acceptors (Lipinski definition) is 4. The van der Waals surface area contributed by atoms with Gasteiger partial charge in [0.2, 0.25) is 5.91 Å². The Bertz CT molecular complexity index is 1200. The minimum atomic E-state index is -0.0629. The number of aromatic nitrogens is 2. The second-order valence-electron chi connectivity index (χ2n) is 9.22. The van der Waals surface area contributed by atoms with Crippen LogP contribution in [0.25, 0.3) is 10.9 Å². The summed E-state index contributed by atoms with van der Waals surface area (Å²) in [4.78, 5) is 17.7. The van der Waals surface area contributed by atoms with Crippen LogP contribution in [0, 0.1) is 5.92 Å². The second-order valence-corrected chi connectivity index (χ2v) is 9.94. The lowest BCUT2D eigenvalue weighted by atomic mass is 9.92. The molecule has 4 aromatic rings. The maximum atomic E-state index is 13.0. The molecule has 0 bridgehead atoms. The molecule has 5 nitrogen and oxygen atoms in total. The molecule has 1 saturated heterocycles. The van der Waals surface area contributed by atoms with Gasteiger partial charge in [0.1, 0.15) is 0 Å². The van der Waals surface area contributed by atoms with Crippen LogP contribution in [0.1, 0.15) is 48.4 Å². The predicted octanol–water partition coefficient (Wildman–Crippen LogP) is 5.17. The van der Waals surface area contributed by atoms with E-state index in [9.17, 15) is 4.79 Å². The minimum Gasteiger partial charge on any atom is -0.356 e. The first-order valence-corrected chi connectivity index (χ1v) is 13.2. The third-order valence-corrected chi connectivity index (χ3v) is 7.53. The highest BCUT2D eigenvalue weighted by Crippen LogP contribution is 2.35. The lowest BCUT2D eigenvalue weighted by Crippen LogP contribution is -2.31. The average molecular weight is 473 g/mol. The van der Waals surface area contributed by atoms with Gasteiger partial charge in [-0.05, 0) is 55.5 Å². The molecule has 0 spiro atoms. The number of carbonyl (C=O) groups is 1.